The molecule has 1 atom stereocenters. The lowest BCUT2D eigenvalue weighted by Crippen LogP contribution is -2.28. The molecule has 0 radical (unpaired) electrons. The van der Waals surface area contributed by atoms with Crippen molar-refractivity contribution < 1.29 is 0 Å². The summed E-state index contributed by atoms with van der Waals surface area (Å²) in [5, 5.41) is 0. The standard InChI is InChI=1S/C8H12IN3/c9-8(6-12-7(10)11)4-2-1-3-5-8/h1-4H,5-6H2,(H4,10,11,12). The fourth-order valence-electron chi connectivity index (χ4n) is 0.979. The quantitative estimate of drug-likeness (QED) is 0.341. The molecule has 0 aromatic rings. The van der Waals surface area contributed by atoms with Crippen LogP contribution in [0, 0.1) is 0 Å². The Balaban J connectivity index is 2.56. The van der Waals surface area contributed by atoms with Crippen molar-refractivity contribution in [1.29, 1.82) is 0 Å². The molecule has 12 heavy (non-hydrogen) atoms. The van der Waals surface area contributed by atoms with Crippen molar-refractivity contribution in [2.45, 2.75) is 9.84 Å². The average Bonchev–Trinajstić information content (AvgIpc) is 2.03. The molecule has 0 saturated heterocycles. The SMILES string of the molecule is NC(N)=NCC1(I)C=CC=CC1. The van der Waals surface area contributed by atoms with E-state index in [-0.39, 0.29) is 9.38 Å². The van der Waals surface area contributed by atoms with E-state index in [0.29, 0.717) is 6.54 Å². The van der Waals surface area contributed by atoms with Gasteiger partial charge in [0.25, 0.3) is 0 Å². The third-order valence-corrected chi connectivity index (χ3v) is 2.76. The van der Waals surface area contributed by atoms with Crippen LogP contribution in [-0.4, -0.2) is 15.9 Å². The number of allylic oxidation sites excluding steroid dienone is 3. The topological polar surface area (TPSA) is 64.4 Å². The molecule has 4 N–H and O–H groups in total. The van der Waals surface area contributed by atoms with Crippen molar-refractivity contribution in [3.63, 3.8) is 0 Å². The Morgan fingerprint density at radius 1 is 1.50 bits per heavy atom. The van der Waals surface area contributed by atoms with E-state index in [4.69, 9.17) is 11.5 Å². The van der Waals surface area contributed by atoms with Gasteiger partial charge in [-0.05, 0) is 6.42 Å². The second-order valence-corrected chi connectivity index (χ2v) is 4.92. The van der Waals surface area contributed by atoms with E-state index in [1.54, 1.807) is 0 Å². The number of nitrogens with two attached hydrogens (primary N) is 2. The van der Waals surface area contributed by atoms with Crippen molar-refractivity contribution >= 4 is 28.6 Å². The molecule has 1 unspecified atom stereocenters. The zero-order chi connectivity index (χ0) is 9.03. The number of aliphatic imine (C=N–C) groups is 1. The molecule has 0 aromatic heterocycles. The summed E-state index contributed by atoms with van der Waals surface area (Å²) in [4.78, 5) is 4.00. The molecule has 0 bridgehead atoms. The van der Waals surface area contributed by atoms with Gasteiger partial charge in [0.05, 0.1) is 9.97 Å². The number of hydrogen-bond donors (Lipinski definition) is 2. The lowest BCUT2D eigenvalue weighted by atomic mass is 10.0. The maximum atomic E-state index is 5.25. The predicted molar refractivity (Wildman–Crippen MR) is 60.3 cm³/mol. The molecule has 0 saturated carbocycles. The van der Waals surface area contributed by atoms with Crippen LogP contribution in [-0.2, 0) is 0 Å². The summed E-state index contributed by atoms with van der Waals surface area (Å²) in [6.45, 7) is 0.650. The van der Waals surface area contributed by atoms with Gasteiger partial charge in [-0.3, -0.25) is 4.99 Å². The summed E-state index contributed by atoms with van der Waals surface area (Å²) < 4.78 is 0.0660. The first kappa shape index (κ1) is 9.57. The summed E-state index contributed by atoms with van der Waals surface area (Å²) in [5.74, 6) is 0.161. The normalized spacial score (nSPS) is 27.1. The van der Waals surface area contributed by atoms with Crippen LogP contribution >= 0.6 is 22.6 Å². The molecule has 0 fully saturated rings. The summed E-state index contributed by atoms with van der Waals surface area (Å²) in [5.41, 5.74) is 10.5. The number of halogens is 1. The Morgan fingerprint density at radius 2 is 2.25 bits per heavy atom. The molecule has 0 aromatic carbocycles. The van der Waals surface area contributed by atoms with E-state index >= 15 is 0 Å². The number of hydrogen-bond acceptors (Lipinski definition) is 1. The number of nitrogens with zero attached hydrogens (tertiary/aromatic N) is 1. The summed E-state index contributed by atoms with van der Waals surface area (Å²) >= 11 is 2.37. The van der Waals surface area contributed by atoms with Crippen LogP contribution in [0.15, 0.2) is 29.3 Å². The molecule has 1 aliphatic carbocycles. The van der Waals surface area contributed by atoms with Crippen LogP contribution in [0.25, 0.3) is 0 Å². The highest BCUT2D eigenvalue weighted by atomic mass is 127. The first-order valence-electron chi connectivity index (χ1n) is 3.71. The average molecular weight is 277 g/mol. The van der Waals surface area contributed by atoms with Gasteiger partial charge in [-0.15, -0.1) is 0 Å². The first-order valence-corrected chi connectivity index (χ1v) is 4.79. The fourth-order valence-corrected chi connectivity index (χ4v) is 1.61. The van der Waals surface area contributed by atoms with Gasteiger partial charge in [0.1, 0.15) is 0 Å². The molecular weight excluding hydrogens is 265 g/mol. The van der Waals surface area contributed by atoms with Crippen molar-refractivity contribution in [2.24, 2.45) is 16.5 Å². The Labute approximate surface area is 85.7 Å². The maximum Gasteiger partial charge on any atom is 0.185 e. The molecule has 4 heteroatoms. The van der Waals surface area contributed by atoms with Gasteiger partial charge in [0.15, 0.2) is 5.96 Å². The van der Waals surface area contributed by atoms with Crippen molar-refractivity contribution in [3.05, 3.63) is 24.3 Å². The lowest BCUT2D eigenvalue weighted by molar-refractivity contribution is 0.757. The fraction of sp³-hybridized carbons (Fsp3) is 0.375. The van der Waals surface area contributed by atoms with Gasteiger partial charge in [0.2, 0.25) is 0 Å². The molecule has 1 rings (SSSR count). The molecular formula is C8H12IN3. The molecule has 1 aliphatic rings. The van der Waals surface area contributed by atoms with Crippen molar-refractivity contribution in [2.75, 3.05) is 6.54 Å². The highest BCUT2D eigenvalue weighted by Crippen LogP contribution is 2.28. The third-order valence-electron chi connectivity index (χ3n) is 1.62. The molecule has 0 amide bonds. The van der Waals surface area contributed by atoms with E-state index < -0.39 is 0 Å². The van der Waals surface area contributed by atoms with Crippen molar-refractivity contribution in [3.8, 4) is 0 Å². The van der Waals surface area contributed by atoms with Gasteiger partial charge in [-0.2, -0.15) is 0 Å². The Morgan fingerprint density at radius 3 is 2.75 bits per heavy atom. The van der Waals surface area contributed by atoms with E-state index in [0.717, 1.165) is 6.42 Å². The maximum absolute atomic E-state index is 5.25. The highest BCUT2D eigenvalue weighted by molar-refractivity contribution is 14.1. The van der Waals surface area contributed by atoms with Gasteiger partial charge >= 0.3 is 0 Å². The Bertz CT molecular complexity index is 241. The van der Waals surface area contributed by atoms with Crippen LogP contribution in [0.4, 0.5) is 0 Å². The second kappa shape index (κ2) is 3.93. The molecule has 0 heterocycles. The van der Waals surface area contributed by atoms with Crippen LogP contribution in [0.5, 0.6) is 0 Å². The second-order valence-electron chi connectivity index (χ2n) is 2.77. The summed E-state index contributed by atoms with van der Waals surface area (Å²) in [7, 11) is 0. The van der Waals surface area contributed by atoms with E-state index in [1.807, 2.05) is 12.2 Å². The largest absolute Gasteiger partial charge is 0.370 e. The Hall–Kier alpha value is -0.520. The van der Waals surface area contributed by atoms with Crippen LogP contribution < -0.4 is 11.5 Å². The molecule has 0 aliphatic heterocycles. The number of rotatable bonds is 2. The lowest BCUT2D eigenvalue weighted by Gasteiger charge is -2.21. The van der Waals surface area contributed by atoms with Gasteiger partial charge in [0, 0.05) is 0 Å². The van der Waals surface area contributed by atoms with E-state index in [1.165, 1.54) is 0 Å². The summed E-state index contributed by atoms with van der Waals surface area (Å²) in [6.07, 6.45) is 9.29. The minimum atomic E-state index is 0.0660. The molecule has 66 valence electrons. The molecule has 3 nitrogen and oxygen atoms in total. The van der Waals surface area contributed by atoms with Crippen LogP contribution in [0.3, 0.4) is 0 Å². The van der Waals surface area contributed by atoms with E-state index in [9.17, 15) is 0 Å². The van der Waals surface area contributed by atoms with Crippen LogP contribution in [0.1, 0.15) is 6.42 Å². The minimum absolute atomic E-state index is 0.0660. The van der Waals surface area contributed by atoms with Crippen molar-refractivity contribution in [1.82, 2.24) is 0 Å². The first-order chi connectivity index (χ1) is 5.62. The monoisotopic (exact) mass is 277 g/mol. The zero-order valence-corrected chi connectivity index (χ0v) is 8.86. The molecule has 0 spiro atoms. The van der Waals surface area contributed by atoms with Crippen LogP contribution in [0.2, 0.25) is 0 Å². The Kier molecular flexibility index (Phi) is 3.13. The van der Waals surface area contributed by atoms with E-state index in [2.05, 4.69) is 39.7 Å². The predicted octanol–water partition coefficient (Wildman–Crippen LogP) is 0.950. The minimum Gasteiger partial charge on any atom is -0.370 e. The van der Waals surface area contributed by atoms with Gasteiger partial charge < -0.3 is 11.5 Å². The summed E-state index contributed by atoms with van der Waals surface area (Å²) in [6, 6.07) is 0. The number of guanidine groups is 1. The van der Waals surface area contributed by atoms with Gasteiger partial charge in [-0.25, -0.2) is 0 Å². The highest BCUT2D eigenvalue weighted by Gasteiger charge is 2.22. The third kappa shape index (κ3) is 2.84. The number of alkyl halides is 1. The zero-order valence-electron chi connectivity index (χ0n) is 6.70. The van der Waals surface area contributed by atoms with Gasteiger partial charge in [-0.1, -0.05) is 46.9 Å². The smallest absolute Gasteiger partial charge is 0.185 e.